The molecule has 1 aromatic carbocycles. The van der Waals surface area contributed by atoms with E-state index in [0.29, 0.717) is 35.9 Å². The number of ether oxygens (including phenoxy) is 1. The molecule has 0 unspecified atom stereocenters. The predicted octanol–water partition coefficient (Wildman–Crippen LogP) is 4.38. The summed E-state index contributed by atoms with van der Waals surface area (Å²) in [6.07, 6.45) is 6.81. The van der Waals surface area contributed by atoms with Crippen molar-refractivity contribution in [3.63, 3.8) is 0 Å². The number of nitrogens with zero attached hydrogens (tertiary/aromatic N) is 5. The normalized spacial score (nSPS) is 18.6. The summed E-state index contributed by atoms with van der Waals surface area (Å²) in [5.41, 5.74) is 3.22. The average molecular weight is 486 g/mol. The Bertz CT molecular complexity index is 1260. The molecule has 0 radical (unpaired) electrons. The van der Waals surface area contributed by atoms with Gasteiger partial charge in [0.25, 0.3) is 0 Å². The van der Waals surface area contributed by atoms with Gasteiger partial charge in [0.1, 0.15) is 23.5 Å². The monoisotopic (exact) mass is 485 g/mol. The molecule has 6 rings (SSSR count). The maximum atomic E-state index is 6.28. The topological polar surface area (TPSA) is 101 Å². The highest BCUT2D eigenvalue weighted by Gasteiger charge is 2.28. The maximum absolute atomic E-state index is 6.28. The van der Waals surface area contributed by atoms with E-state index < -0.39 is 0 Å². The summed E-state index contributed by atoms with van der Waals surface area (Å²) in [6.45, 7) is 3.22. The highest BCUT2D eigenvalue weighted by molar-refractivity contribution is 6.05. The number of likely N-dealkylation sites (tertiary alicyclic amines) is 1. The molecule has 36 heavy (non-hydrogen) atoms. The molecule has 0 amide bonds. The van der Waals surface area contributed by atoms with Crippen LogP contribution in [-0.2, 0) is 6.54 Å². The number of hydrogen-bond acceptors (Lipinski definition) is 9. The lowest BCUT2D eigenvalue weighted by atomic mass is 10.1. The third kappa shape index (κ3) is 5.57. The highest BCUT2D eigenvalue weighted by atomic mass is 16.5. The molecule has 2 N–H and O–H groups in total. The molecular formula is C27H31N7O2. The van der Waals surface area contributed by atoms with E-state index in [-0.39, 0.29) is 6.10 Å². The summed E-state index contributed by atoms with van der Waals surface area (Å²) in [4.78, 5) is 16.3. The molecule has 3 aliphatic rings. The number of benzene rings is 1. The summed E-state index contributed by atoms with van der Waals surface area (Å²) in [5, 5.41) is 10.8. The largest absolute Gasteiger partial charge is 0.474 e. The number of aromatic nitrogens is 3. The van der Waals surface area contributed by atoms with Gasteiger partial charge in [-0.05, 0) is 50.3 Å². The Morgan fingerprint density at radius 1 is 1.06 bits per heavy atom. The predicted molar refractivity (Wildman–Crippen MR) is 139 cm³/mol. The number of nitrogens with one attached hydrogen (secondary N) is 2. The number of rotatable bonds is 8. The first-order chi connectivity index (χ1) is 17.7. The van der Waals surface area contributed by atoms with Crippen molar-refractivity contribution in [3.8, 4) is 17.1 Å². The van der Waals surface area contributed by atoms with E-state index in [0.717, 1.165) is 49.6 Å². The molecule has 9 nitrogen and oxygen atoms in total. The number of amidine groups is 1. The summed E-state index contributed by atoms with van der Waals surface area (Å²) >= 11 is 0. The Morgan fingerprint density at radius 3 is 2.69 bits per heavy atom. The molecule has 1 saturated carbocycles. The van der Waals surface area contributed by atoms with Crippen LogP contribution in [0.2, 0.25) is 0 Å². The van der Waals surface area contributed by atoms with E-state index in [1.165, 1.54) is 18.4 Å². The Morgan fingerprint density at radius 2 is 1.89 bits per heavy atom. The summed E-state index contributed by atoms with van der Waals surface area (Å²) in [5.74, 6) is 3.93. The van der Waals surface area contributed by atoms with Crippen molar-refractivity contribution < 1.29 is 9.26 Å². The van der Waals surface area contributed by atoms with E-state index >= 15 is 0 Å². The van der Waals surface area contributed by atoms with Gasteiger partial charge in [0.15, 0.2) is 5.76 Å². The minimum Gasteiger partial charge on any atom is -0.474 e. The van der Waals surface area contributed by atoms with Crippen molar-refractivity contribution in [2.24, 2.45) is 10.9 Å². The van der Waals surface area contributed by atoms with Crippen molar-refractivity contribution in [2.75, 3.05) is 37.3 Å². The smallest absolute Gasteiger partial charge is 0.228 e. The second-order valence-electron chi connectivity index (χ2n) is 9.75. The van der Waals surface area contributed by atoms with Crippen molar-refractivity contribution in [3.05, 3.63) is 59.9 Å². The van der Waals surface area contributed by atoms with Crippen LogP contribution < -0.4 is 15.4 Å². The van der Waals surface area contributed by atoms with Crippen LogP contribution in [0.4, 0.5) is 11.8 Å². The van der Waals surface area contributed by atoms with Gasteiger partial charge in [-0.25, -0.2) is 0 Å². The van der Waals surface area contributed by atoms with Crippen LogP contribution in [-0.4, -0.2) is 58.6 Å². The maximum Gasteiger partial charge on any atom is 0.228 e. The number of anilines is 2. The molecule has 0 atom stereocenters. The molecule has 0 spiro atoms. The average Bonchev–Trinajstić information content (AvgIpc) is 3.45. The fourth-order valence-electron chi connectivity index (χ4n) is 4.56. The Hall–Kier alpha value is -3.72. The summed E-state index contributed by atoms with van der Waals surface area (Å²) in [7, 11) is 2.14. The lowest BCUT2D eigenvalue weighted by Gasteiger charge is -2.29. The van der Waals surface area contributed by atoms with Crippen molar-refractivity contribution in [1.82, 2.24) is 20.0 Å². The number of piperidine rings is 1. The van der Waals surface area contributed by atoms with Gasteiger partial charge in [0.2, 0.25) is 11.8 Å². The minimum absolute atomic E-state index is 0.143. The fourth-order valence-corrected chi connectivity index (χ4v) is 4.56. The van der Waals surface area contributed by atoms with Gasteiger partial charge >= 0.3 is 0 Å². The van der Waals surface area contributed by atoms with Gasteiger partial charge in [-0.1, -0.05) is 35.5 Å². The minimum atomic E-state index is 0.143. The highest BCUT2D eigenvalue weighted by Crippen LogP contribution is 2.38. The lowest BCUT2D eigenvalue weighted by Crippen LogP contribution is -2.35. The molecule has 9 heteroatoms. The van der Waals surface area contributed by atoms with Crippen LogP contribution in [0, 0.1) is 5.92 Å². The summed E-state index contributed by atoms with van der Waals surface area (Å²) < 4.78 is 11.8. The van der Waals surface area contributed by atoms with E-state index in [9.17, 15) is 0 Å². The van der Waals surface area contributed by atoms with Crippen molar-refractivity contribution >= 4 is 17.6 Å². The number of aliphatic imine (C=N–C) groups is 1. The van der Waals surface area contributed by atoms with E-state index in [4.69, 9.17) is 9.26 Å². The summed E-state index contributed by atoms with van der Waals surface area (Å²) in [6, 6.07) is 13.8. The lowest BCUT2D eigenvalue weighted by molar-refractivity contribution is 0.110. The van der Waals surface area contributed by atoms with Gasteiger partial charge in [-0.2, -0.15) is 9.97 Å². The first-order valence-electron chi connectivity index (χ1n) is 12.7. The Labute approximate surface area is 210 Å². The molecule has 2 aliphatic heterocycles. The molecule has 3 aromatic rings. The second kappa shape index (κ2) is 10.1. The number of hydrogen-bond donors (Lipinski definition) is 2. The molecule has 186 valence electrons. The standard InChI is InChI=1S/C27H31N7O2/c1-34-11-9-21(10-12-34)35-26-15-25(30-24-13-20(16-28-24)18-7-8-18)31-27(32-26)29-17-22-14-23(33-36-22)19-5-3-2-4-6-19/h2-6,13-15,18,21H,7-12,16-17H2,1H3,(H2,28,29,30,31,32). The van der Waals surface area contributed by atoms with Crippen LogP contribution >= 0.6 is 0 Å². The third-order valence-electron chi connectivity index (χ3n) is 6.82. The zero-order valence-electron chi connectivity index (χ0n) is 20.5. The van der Waals surface area contributed by atoms with Crippen LogP contribution in [0.3, 0.4) is 0 Å². The molecule has 1 aliphatic carbocycles. The van der Waals surface area contributed by atoms with Crippen LogP contribution in [0.15, 0.2) is 63.6 Å². The zero-order valence-corrected chi connectivity index (χ0v) is 20.5. The first-order valence-corrected chi connectivity index (χ1v) is 12.7. The molecule has 2 aromatic heterocycles. The van der Waals surface area contributed by atoms with E-state index in [2.05, 4.69) is 48.8 Å². The Balaban J connectivity index is 1.17. The van der Waals surface area contributed by atoms with Gasteiger partial charge < -0.3 is 24.8 Å². The van der Waals surface area contributed by atoms with Gasteiger partial charge in [0, 0.05) is 30.8 Å². The van der Waals surface area contributed by atoms with Crippen molar-refractivity contribution in [2.45, 2.75) is 38.3 Å². The molecule has 1 saturated heterocycles. The van der Waals surface area contributed by atoms with Crippen LogP contribution in [0.5, 0.6) is 5.88 Å². The van der Waals surface area contributed by atoms with Crippen LogP contribution in [0.25, 0.3) is 11.3 Å². The second-order valence-corrected chi connectivity index (χ2v) is 9.75. The van der Waals surface area contributed by atoms with Crippen LogP contribution in [0.1, 0.15) is 31.4 Å². The molecular weight excluding hydrogens is 454 g/mol. The molecule has 0 bridgehead atoms. The van der Waals surface area contributed by atoms with E-state index in [1.54, 1.807) is 0 Å². The SMILES string of the molecule is CN1CCC(Oc2cc(NC3=NCC(C4CC4)=C3)nc(NCc3cc(-c4ccccc4)no3)n2)CC1. The Kier molecular flexibility index (Phi) is 6.38. The quantitative estimate of drug-likeness (QED) is 0.485. The molecule has 4 heterocycles. The van der Waals surface area contributed by atoms with Crippen molar-refractivity contribution in [1.29, 1.82) is 0 Å². The van der Waals surface area contributed by atoms with Gasteiger partial charge in [0.05, 0.1) is 13.1 Å². The fraction of sp³-hybridized carbons (Fsp3) is 0.407. The van der Waals surface area contributed by atoms with Gasteiger partial charge in [-0.3, -0.25) is 4.99 Å². The zero-order chi connectivity index (χ0) is 24.3. The first kappa shape index (κ1) is 22.7. The van der Waals surface area contributed by atoms with Gasteiger partial charge in [-0.15, -0.1) is 0 Å². The third-order valence-corrected chi connectivity index (χ3v) is 6.82. The molecule has 2 fully saturated rings. The van der Waals surface area contributed by atoms with E-state index in [1.807, 2.05) is 42.5 Å².